The number of hydrogen-bond donors (Lipinski definition) is 2. The summed E-state index contributed by atoms with van der Waals surface area (Å²) >= 11 is 13.6. The molecule has 13 heavy (non-hydrogen) atoms. The molecule has 3 N–H and O–H groups in total. The minimum absolute atomic E-state index is 0. The molecule has 0 radical (unpaired) electrons. The third-order valence-corrected chi connectivity index (χ3v) is 5.92. The Morgan fingerprint density at radius 2 is 1.54 bits per heavy atom. The number of nitrogens with two attached hydrogens (primary N) is 1. The molecule has 0 heterocycles. The van der Waals surface area contributed by atoms with Crippen molar-refractivity contribution in [3.63, 3.8) is 0 Å². The molecular formula is C6H5Br4ClN2. The van der Waals surface area contributed by atoms with Crippen molar-refractivity contribution in [1.82, 2.24) is 0 Å². The lowest BCUT2D eigenvalue weighted by Crippen LogP contribution is -2.07. The fourth-order valence-corrected chi connectivity index (χ4v) is 2.80. The standard InChI is InChI=1S/C6H4Br4N2.ClH/c7-2-1-3(12-11)5(9)6(10)4(2)8;/h1,12H,11H2;1H. The summed E-state index contributed by atoms with van der Waals surface area (Å²) in [6, 6.07) is 1.87. The first-order valence-electron chi connectivity index (χ1n) is 2.87. The molecule has 0 aliphatic carbocycles. The van der Waals surface area contributed by atoms with Crippen LogP contribution in [0.3, 0.4) is 0 Å². The predicted molar refractivity (Wildman–Crippen MR) is 72.3 cm³/mol. The summed E-state index contributed by atoms with van der Waals surface area (Å²) in [4.78, 5) is 0. The normalized spacial score (nSPS) is 9.31. The van der Waals surface area contributed by atoms with Crippen LogP contribution in [-0.2, 0) is 0 Å². The number of hydrogen-bond acceptors (Lipinski definition) is 2. The molecular weight excluding hydrogens is 455 g/mol. The molecule has 0 unspecified atom stereocenters. The maximum absolute atomic E-state index is 5.30. The summed E-state index contributed by atoms with van der Waals surface area (Å²) in [5.41, 5.74) is 3.39. The van der Waals surface area contributed by atoms with Gasteiger partial charge in [-0.3, -0.25) is 5.84 Å². The highest BCUT2D eigenvalue weighted by atomic mass is 79.9. The predicted octanol–water partition coefficient (Wildman–Crippen LogP) is 4.44. The van der Waals surface area contributed by atoms with E-state index in [0.717, 1.165) is 23.6 Å². The first-order valence-corrected chi connectivity index (χ1v) is 6.04. The average Bonchev–Trinajstić information content (AvgIpc) is 2.08. The molecule has 1 aromatic carbocycles. The molecule has 0 aliphatic heterocycles. The molecule has 0 spiro atoms. The maximum atomic E-state index is 5.30. The number of nitrogens with one attached hydrogen (secondary N) is 1. The molecule has 2 nitrogen and oxygen atoms in total. The molecule has 0 saturated carbocycles. The second kappa shape index (κ2) is 5.92. The van der Waals surface area contributed by atoms with E-state index < -0.39 is 0 Å². The number of halogens is 5. The van der Waals surface area contributed by atoms with Gasteiger partial charge >= 0.3 is 0 Å². The topological polar surface area (TPSA) is 38.0 Å². The van der Waals surface area contributed by atoms with Crippen molar-refractivity contribution in [2.75, 3.05) is 5.43 Å². The van der Waals surface area contributed by atoms with E-state index >= 15 is 0 Å². The van der Waals surface area contributed by atoms with Crippen molar-refractivity contribution in [2.45, 2.75) is 0 Å². The van der Waals surface area contributed by atoms with Crippen LogP contribution in [0.5, 0.6) is 0 Å². The highest BCUT2D eigenvalue weighted by Crippen LogP contribution is 2.40. The minimum atomic E-state index is 0. The molecule has 7 heteroatoms. The van der Waals surface area contributed by atoms with Gasteiger partial charge in [0, 0.05) is 13.4 Å². The third kappa shape index (κ3) is 3.07. The van der Waals surface area contributed by atoms with E-state index in [9.17, 15) is 0 Å². The van der Waals surface area contributed by atoms with Crippen molar-refractivity contribution >= 4 is 81.8 Å². The van der Waals surface area contributed by atoms with Crippen molar-refractivity contribution < 1.29 is 0 Å². The highest BCUT2D eigenvalue weighted by molar-refractivity contribution is 9.15. The third-order valence-electron chi connectivity index (χ3n) is 1.26. The van der Waals surface area contributed by atoms with Gasteiger partial charge in [-0.25, -0.2) is 0 Å². The van der Waals surface area contributed by atoms with Gasteiger partial charge in [-0.1, -0.05) is 0 Å². The van der Waals surface area contributed by atoms with E-state index in [0.29, 0.717) is 0 Å². The van der Waals surface area contributed by atoms with Gasteiger partial charge in [0.25, 0.3) is 0 Å². The Morgan fingerprint density at radius 1 is 1.00 bits per heavy atom. The molecule has 0 saturated heterocycles. The summed E-state index contributed by atoms with van der Waals surface area (Å²) in [7, 11) is 0. The van der Waals surface area contributed by atoms with Crippen LogP contribution in [-0.4, -0.2) is 0 Å². The Labute approximate surface area is 116 Å². The summed E-state index contributed by atoms with van der Waals surface area (Å²) in [6.07, 6.45) is 0. The van der Waals surface area contributed by atoms with Gasteiger partial charge in [0.15, 0.2) is 0 Å². The first-order chi connectivity index (χ1) is 5.57. The van der Waals surface area contributed by atoms with Crippen LogP contribution in [0, 0.1) is 0 Å². The lowest BCUT2D eigenvalue weighted by Gasteiger charge is -2.08. The second-order valence-electron chi connectivity index (χ2n) is 1.99. The van der Waals surface area contributed by atoms with Crippen molar-refractivity contribution in [3.8, 4) is 0 Å². The van der Waals surface area contributed by atoms with E-state index in [4.69, 9.17) is 5.84 Å². The van der Waals surface area contributed by atoms with Crippen molar-refractivity contribution in [1.29, 1.82) is 0 Å². The Hall–Kier alpha value is 1.19. The SMILES string of the molecule is Cl.NNc1cc(Br)c(Br)c(Br)c1Br. The fraction of sp³-hybridized carbons (Fsp3) is 0. The van der Waals surface area contributed by atoms with Crippen LogP contribution in [0.15, 0.2) is 24.0 Å². The largest absolute Gasteiger partial charge is 0.323 e. The van der Waals surface area contributed by atoms with Gasteiger partial charge < -0.3 is 5.43 Å². The fourth-order valence-electron chi connectivity index (χ4n) is 0.678. The summed E-state index contributed by atoms with van der Waals surface area (Å²) in [5.74, 6) is 5.30. The summed E-state index contributed by atoms with van der Waals surface area (Å²) in [5, 5.41) is 0. The van der Waals surface area contributed by atoms with Crippen LogP contribution in [0.4, 0.5) is 5.69 Å². The van der Waals surface area contributed by atoms with E-state index in [-0.39, 0.29) is 12.4 Å². The van der Waals surface area contributed by atoms with E-state index in [1.807, 2.05) is 6.07 Å². The number of hydrazine groups is 1. The van der Waals surface area contributed by atoms with Gasteiger partial charge in [0.05, 0.1) is 10.2 Å². The zero-order chi connectivity index (χ0) is 9.30. The highest BCUT2D eigenvalue weighted by Gasteiger charge is 2.10. The second-order valence-corrected chi connectivity index (χ2v) is 5.23. The molecule has 0 aromatic heterocycles. The van der Waals surface area contributed by atoms with Crippen LogP contribution >= 0.6 is 76.1 Å². The average molecular weight is 460 g/mol. The molecule has 0 bridgehead atoms. The molecule has 0 aliphatic rings. The Bertz CT molecular complexity index is 318. The van der Waals surface area contributed by atoms with E-state index in [1.54, 1.807) is 0 Å². The van der Waals surface area contributed by atoms with E-state index in [2.05, 4.69) is 69.1 Å². The van der Waals surface area contributed by atoms with Crippen LogP contribution in [0.1, 0.15) is 0 Å². The van der Waals surface area contributed by atoms with Gasteiger partial charge in [-0.05, 0) is 69.8 Å². The molecule has 0 fully saturated rings. The van der Waals surface area contributed by atoms with Gasteiger partial charge in [0.2, 0.25) is 0 Å². The zero-order valence-electron chi connectivity index (χ0n) is 6.07. The molecule has 1 rings (SSSR count). The summed E-state index contributed by atoms with van der Waals surface area (Å²) < 4.78 is 3.70. The molecule has 0 atom stereocenters. The van der Waals surface area contributed by atoms with Crippen LogP contribution in [0.25, 0.3) is 0 Å². The lowest BCUT2D eigenvalue weighted by atomic mass is 10.3. The van der Waals surface area contributed by atoms with Crippen molar-refractivity contribution in [2.24, 2.45) is 5.84 Å². The number of nitrogen functional groups attached to an aromatic ring is 1. The maximum Gasteiger partial charge on any atom is 0.0650 e. The van der Waals surface area contributed by atoms with Gasteiger partial charge in [0.1, 0.15) is 0 Å². The van der Waals surface area contributed by atoms with E-state index in [1.165, 1.54) is 0 Å². The smallest absolute Gasteiger partial charge is 0.0650 e. The monoisotopic (exact) mass is 456 g/mol. The number of rotatable bonds is 1. The van der Waals surface area contributed by atoms with Crippen LogP contribution in [0.2, 0.25) is 0 Å². The Balaban J connectivity index is 0.00000144. The number of anilines is 1. The zero-order valence-corrected chi connectivity index (χ0v) is 13.2. The quantitative estimate of drug-likeness (QED) is 0.282. The van der Waals surface area contributed by atoms with Gasteiger partial charge in [-0.2, -0.15) is 0 Å². The molecule has 74 valence electrons. The van der Waals surface area contributed by atoms with Crippen molar-refractivity contribution in [3.05, 3.63) is 24.0 Å². The number of benzene rings is 1. The first kappa shape index (κ1) is 14.2. The molecule has 1 aromatic rings. The van der Waals surface area contributed by atoms with Gasteiger partial charge in [-0.15, -0.1) is 12.4 Å². The van der Waals surface area contributed by atoms with Crippen LogP contribution < -0.4 is 11.3 Å². The minimum Gasteiger partial charge on any atom is -0.323 e. The summed E-state index contributed by atoms with van der Waals surface area (Å²) in [6.45, 7) is 0. The molecule has 0 amide bonds. The lowest BCUT2D eigenvalue weighted by molar-refractivity contribution is 1.32. The Morgan fingerprint density at radius 3 is 2.00 bits per heavy atom. The Kier molecular flexibility index (Phi) is 6.47.